The largest absolute Gasteiger partial charge is 0.438 e. The minimum Gasteiger partial charge on any atom is -0.438 e. The quantitative estimate of drug-likeness (QED) is 0.730. The van der Waals surface area contributed by atoms with Crippen LogP contribution in [0.4, 0.5) is 5.69 Å². The van der Waals surface area contributed by atoms with Crippen molar-refractivity contribution in [2.24, 2.45) is 0 Å². The molecule has 1 aromatic carbocycles. The Hall–Kier alpha value is -1.81. The summed E-state index contributed by atoms with van der Waals surface area (Å²) in [5.41, 5.74) is 7.84. The number of nitrogen functional groups attached to an aromatic ring is 1. The van der Waals surface area contributed by atoms with Crippen molar-refractivity contribution in [3.8, 4) is 11.5 Å². The number of hydrogen-bond acceptors (Lipinski definition) is 4. The highest BCUT2D eigenvalue weighted by Crippen LogP contribution is 2.23. The van der Waals surface area contributed by atoms with E-state index in [1.54, 1.807) is 19.1 Å². The maximum Gasteiger partial charge on any atom is 0.226 e. The topological polar surface area (TPSA) is 72.3 Å². The van der Waals surface area contributed by atoms with Crippen LogP contribution < -0.4 is 5.73 Å². The van der Waals surface area contributed by atoms with Crippen LogP contribution in [-0.2, 0) is 6.61 Å². The number of hydrogen-bond donors (Lipinski definition) is 2. The second-order valence-corrected chi connectivity index (χ2v) is 3.31. The van der Waals surface area contributed by atoms with Crippen molar-refractivity contribution < 1.29 is 9.52 Å². The highest BCUT2D eigenvalue weighted by atomic mass is 16.4. The van der Waals surface area contributed by atoms with Crippen LogP contribution in [0.1, 0.15) is 11.5 Å². The summed E-state index contributed by atoms with van der Waals surface area (Å²) in [4.78, 5) is 4.21. The average Bonchev–Trinajstić information content (AvgIpc) is 2.60. The van der Waals surface area contributed by atoms with Crippen LogP contribution in [0.25, 0.3) is 11.5 Å². The van der Waals surface area contributed by atoms with E-state index in [9.17, 15) is 0 Å². The van der Waals surface area contributed by atoms with E-state index in [2.05, 4.69) is 4.98 Å². The van der Waals surface area contributed by atoms with Gasteiger partial charge in [0, 0.05) is 11.3 Å². The first-order chi connectivity index (χ1) is 7.20. The molecule has 4 nitrogen and oxygen atoms in total. The molecule has 0 aliphatic rings. The third kappa shape index (κ3) is 1.85. The molecule has 78 valence electrons. The molecule has 0 unspecified atom stereocenters. The molecule has 0 bridgehead atoms. The summed E-state index contributed by atoms with van der Waals surface area (Å²) in [6.07, 6.45) is 0. The molecular weight excluding hydrogens is 192 g/mol. The lowest BCUT2D eigenvalue weighted by molar-refractivity contribution is 0.247. The van der Waals surface area contributed by atoms with Crippen LogP contribution in [0.15, 0.2) is 28.7 Å². The van der Waals surface area contributed by atoms with Crippen LogP contribution in [0, 0.1) is 6.92 Å². The zero-order valence-electron chi connectivity index (χ0n) is 8.40. The number of aryl methyl sites for hydroxylation is 1. The van der Waals surface area contributed by atoms with Crippen molar-refractivity contribution >= 4 is 5.69 Å². The maximum atomic E-state index is 8.97. The van der Waals surface area contributed by atoms with Crippen molar-refractivity contribution in [1.82, 2.24) is 4.98 Å². The van der Waals surface area contributed by atoms with Gasteiger partial charge in [0.15, 0.2) is 5.76 Å². The van der Waals surface area contributed by atoms with Crippen LogP contribution >= 0.6 is 0 Å². The fourth-order valence-corrected chi connectivity index (χ4v) is 1.37. The van der Waals surface area contributed by atoms with Gasteiger partial charge in [-0.2, -0.15) is 0 Å². The second-order valence-electron chi connectivity index (χ2n) is 3.31. The number of nitrogens with two attached hydrogens (primary N) is 1. The number of aromatic nitrogens is 1. The number of nitrogens with zero attached hydrogens (tertiary/aromatic N) is 1. The minimum atomic E-state index is -0.138. The zero-order chi connectivity index (χ0) is 10.8. The monoisotopic (exact) mass is 204 g/mol. The van der Waals surface area contributed by atoms with Gasteiger partial charge in [-0.05, 0) is 25.1 Å². The first-order valence-electron chi connectivity index (χ1n) is 4.64. The summed E-state index contributed by atoms with van der Waals surface area (Å²) in [5, 5.41) is 8.97. The van der Waals surface area contributed by atoms with Gasteiger partial charge in [-0.15, -0.1) is 0 Å². The van der Waals surface area contributed by atoms with Gasteiger partial charge in [0.2, 0.25) is 5.89 Å². The molecule has 0 aliphatic heterocycles. The minimum absolute atomic E-state index is 0.138. The highest BCUT2D eigenvalue weighted by Gasteiger charge is 2.10. The molecule has 2 aromatic rings. The third-order valence-electron chi connectivity index (χ3n) is 2.17. The van der Waals surface area contributed by atoms with Gasteiger partial charge in [-0.25, -0.2) is 4.98 Å². The van der Waals surface area contributed by atoms with Gasteiger partial charge >= 0.3 is 0 Å². The van der Waals surface area contributed by atoms with E-state index in [-0.39, 0.29) is 6.61 Å². The lowest BCUT2D eigenvalue weighted by Gasteiger charge is -1.96. The molecule has 1 aromatic heterocycles. The van der Waals surface area contributed by atoms with E-state index in [4.69, 9.17) is 15.3 Å². The van der Waals surface area contributed by atoms with E-state index < -0.39 is 0 Å². The van der Waals surface area contributed by atoms with E-state index in [0.717, 1.165) is 5.56 Å². The Balaban J connectivity index is 2.45. The smallest absolute Gasteiger partial charge is 0.226 e. The van der Waals surface area contributed by atoms with Crippen molar-refractivity contribution in [1.29, 1.82) is 0 Å². The fourth-order valence-electron chi connectivity index (χ4n) is 1.37. The van der Waals surface area contributed by atoms with E-state index >= 15 is 0 Å². The van der Waals surface area contributed by atoms with Gasteiger partial charge in [-0.1, -0.05) is 6.07 Å². The molecule has 0 aliphatic carbocycles. The van der Waals surface area contributed by atoms with Gasteiger partial charge < -0.3 is 15.3 Å². The molecule has 3 N–H and O–H groups in total. The molecule has 0 spiro atoms. The van der Waals surface area contributed by atoms with E-state index in [0.29, 0.717) is 23.0 Å². The Labute approximate surface area is 87.4 Å². The summed E-state index contributed by atoms with van der Waals surface area (Å²) in [7, 11) is 0. The molecule has 0 fully saturated rings. The molecule has 2 rings (SSSR count). The Morgan fingerprint density at radius 1 is 1.47 bits per heavy atom. The average molecular weight is 204 g/mol. The summed E-state index contributed by atoms with van der Waals surface area (Å²) < 4.78 is 5.39. The number of anilines is 1. The van der Waals surface area contributed by atoms with Crippen molar-refractivity contribution in [3.05, 3.63) is 35.7 Å². The summed E-state index contributed by atoms with van der Waals surface area (Å²) in [6, 6.07) is 7.28. The molecule has 0 radical (unpaired) electrons. The molecule has 1 heterocycles. The molecule has 0 saturated carbocycles. The number of oxazole rings is 1. The van der Waals surface area contributed by atoms with Gasteiger partial charge in [0.05, 0.1) is 5.69 Å². The molecule has 0 amide bonds. The standard InChI is InChI=1S/C11H12N2O2/c1-7-10(6-14)15-11(13-7)8-3-2-4-9(12)5-8/h2-5,14H,6,12H2,1H3. The number of benzene rings is 1. The van der Waals surface area contributed by atoms with E-state index in [1.807, 2.05) is 12.1 Å². The molecule has 15 heavy (non-hydrogen) atoms. The number of rotatable bonds is 2. The Kier molecular flexibility index (Phi) is 2.43. The van der Waals surface area contributed by atoms with Crippen LogP contribution in [0.3, 0.4) is 0 Å². The molecular formula is C11H12N2O2. The second kappa shape index (κ2) is 3.74. The normalized spacial score (nSPS) is 10.5. The fraction of sp³-hybridized carbons (Fsp3) is 0.182. The van der Waals surface area contributed by atoms with Crippen LogP contribution in [0.2, 0.25) is 0 Å². The van der Waals surface area contributed by atoms with Crippen molar-refractivity contribution in [3.63, 3.8) is 0 Å². The highest BCUT2D eigenvalue weighted by molar-refractivity contribution is 5.59. The SMILES string of the molecule is Cc1nc(-c2cccc(N)c2)oc1CO. The van der Waals surface area contributed by atoms with Crippen LogP contribution in [0.5, 0.6) is 0 Å². The van der Waals surface area contributed by atoms with Crippen LogP contribution in [-0.4, -0.2) is 10.1 Å². The molecule has 4 heteroatoms. The lowest BCUT2D eigenvalue weighted by Crippen LogP contribution is -1.85. The Morgan fingerprint density at radius 2 is 2.27 bits per heavy atom. The first-order valence-corrected chi connectivity index (χ1v) is 4.64. The summed E-state index contributed by atoms with van der Waals surface area (Å²) in [6.45, 7) is 1.66. The third-order valence-corrected chi connectivity index (χ3v) is 2.17. The van der Waals surface area contributed by atoms with Crippen molar-refractivity contribution in [2.75, 3.05) is 5.73 Å². The van der Waals surface area contributed by atoms with Gasteiger partial charge in [0.1, 0.15) is 6.61 Å². The summed E-state index contributed by atoms with van der Waals surface area (Å²) in [5.74, 6) is 0.983. The number of aliphatic hydroxyl groups is 1. The maximum absolute atomic E-state index is 8.97. The lowest BCUT2D eigenvalue weighted by atomic mass is 10.2. The van der Waals surface area contributed by atoms with Gasteiger partial charge in [0.25, 0.3) is 0 Å². The van der Waals surface area contributed by atoms with Crippen molar-refractivity contribution in [2.45, 2.75) is 13.5 Å². The first kappa shape index (κ1) is 9.73. The Bertz CT molecular complexity index is 477. The zero-order valence-corrected chi connectivity index (χ0v) is 8.40. The molecule has 0 saturated heterocycles. The summed E-state index contributed by atoms with van der Waals surface area (Å²) >= 11 is 0. The predicted molar refractivity (Wildman–Crippen MR) is 57.0 cm³/mol. The van der Waals surface area contributed by atoms with E-state index in [1.165, 1.54) is 0 Å². The predicted octanol–water partition coefficient (Wildman–Crippen LogP) is 1.72. The molecule has 0 atom stereocenters. The Morgan fingerprint density at radius 3 is 2.87 bits per heavy atom. The van der Waals surface area contributed by atoms with Gasteiger partial charge in [-0.3, -0.25) is 0 Å². The number of aliphatic hydroxyl groups excluding tert-OH is 1.